The number of anilines is 1. The molecule has 25 heavy (non-hydrogen) atoms. The summed E-state index contributed by atoms with van der Waals surface area (Å²) in [5.74, 6) is 0.148. The molecule has 132 valence electrons. The lowest BCUT2D eigenvalue weighted by atomic mass is 10.1. The van der Waals surface area contributed by atoms with E-state index in [1.54, 1.807) is 41.3 Å². The predicted molar refractivity (Wildman–Crippen MR) is 99.5 cm³/mol. The third-order valence-electron chi connectivity index (χ3n) is 3.88. The van der Waals surface area contributed by atoms with E-state index < -0.39 is 0 Å². The van der Waals surface area contributed by atoms with E-state index in [0.717, 1.165) is 11.3 Å². The van der Waals surface area contributed by atoms with Crippen LogP contribution in [0, 0.1) is 6.92 Å². The molecule has 0 saturated heterocycles. The van der Waals surface area contributed by atoms with Gasteiger partial charge in [0, 0.05) is 30.7 Å². The van der Waals surface area contributed by atoms with Crippen LogP contribution in [0.4, 0.5) is 5.69 Å². The highest BCUT2D eigenvalue weighted by atomic mass is 35.5. The Balaban J connectivity index is 2.06. The normalized spacial score (nSPS) is 10.2. The van der Waals surface area contributed by atoms with E-state index >= 15 is 0 Å². The predicted octanol–water partition coefficient (Wildman–Crippen LogP) is 3.44. The monoisotopic (exact) mass is 360 g/mol. The third kappa shape index (κ3) is 4.51. The molecule has 0 aromatic heterocycles. The molecule has 0 aliphatic heterocycles. The van der Waals surface area contributed by atoms with Gasteiger partial charge in [-0.25, -0.2) is 0 Å². The number of carbonyl (C=O) groups excluding carboxylic acids is 2. The first-order valence-corrected chi connectivity index (χ1v) is 8.28. The molecule has 2 aromatic rings. The minimum Gasteiger partial charge on any atom is -0.496 e. The lowest BCUT2D eigenvalue weighted by Crippen LogP contribution is -2.38. The van der Waals surface area contributed by atoms with Gasteiger partial charge in [0.15, 0.2) is 0 Å². The average molecular weight is 361 g/mol. The molecule has 0 bridgehead atoms. The van der Waals surface area contributed by atoms with Crippen molar-refractivity contribution in [1.82, 2.24) is 5.32 Å². The SMILES string of the molecule is COc1ccccc1C(=O)NCCN(C(C)=O)c1cccc(Cl)c1C. The Kier molecular flexibility index (Phi) is 6.42. The molecule has 0 saturated carbocycles. The fourth-order valence-corrected chi connectivity index (χ4v) is 2.71. The number of nitrogens with zero attached hydrogens (tertiary/aromatic N) is 1. The first-order valence-electron chi connectivity index (χ1n) is 7.90. The molecule has 2 rings (SSSR count). The van der Waals surface area contributed by atoms with Gasteiger partial charge >= 0.3 is 0 Å². The number of para-hydroxylation sites is 1. The summed E-state index contributed by atoms with van der Waals surface area (Å²) in [6.45, 7) is 4.00. The Morgan fingerprint density at radius 1 is 1.16 bits per heavy atom. The van der Waals surface area contributed by atoms with Crippen LogP contribution in [0.2, 0.25) is 5.02 Å². The van der Waals surface area contributed by atoms with Gasteiger partial charge in [0.1, 0.15) is 5.75 Å². The van der Waals surface area contributed by atoms with Gasteiger partial charge in [-0.15, -0.1) is 0 Å². The molecule has 0 unspecified atom stereocenters. The van der Waals surface area contributed by atoms with E-state index in [2.05, 4.69) is 5.32 Å². The van der Waals surface area contributed by atoms with E-state index in [9.17, 15) is 9.59 Å². The summed E-state index contributed by atoms with van der Waals surface area (Å²) in [4.78, 5) is 25.9. The lowest BCUT2D eigenvalue weighted by molar-refractivity contribution is -0.116. The van der Waals surface area contributed by atoms with Crippen LogP contribution in [-0.4, -0.2) is 32.0 Å². The Hall–Kier alpha value is -2.53. The maximum Gasteiger partial charge on any atom is 0.255 e. The van der Waals surface area contributed by atoms with Crippen molar-refractivity contribution in [1.29, 1.82) is 0 Å². The molecule has 5 nitrogen and oxygen atoms in total. The highest BCUT2D eigenvalue weighted by Gasteiger charge is 2.16. The van der Waals surface area contributed by atoms with Gasteiger partial charge in [0.25, 0.3) is 5.91 Å². The molecular formula is C19H21ClN2O3. The first-order chi connectivity index (χ1) is 12.0. The van der Waals surface area contributed by atoms with Crippen LogP contribution in [0.1, 0.15) is 22.8 Å². The van der Waals surface area contributed by atoms with Crippen molar-refractivity contribution in [3.8, 4) is 5.75 Å². The minimum atomic E-state index is -0.247. The molecule has 0 radical (unpaired) electrons. The van der Waals surface area contributed by atoms with Crippen molar-refractivity contribution in [3.63, 3.8) is 0 Å². The molecule has 6 heteroatoms. The number of carbonyl (C=O) groups is 2. The van der Waals surface area contributed by atoms with Gasteiger partial charge < -0.3 is 15.0 Å². The summed E-state index contributed by atoms with van der Waals surface area (Å²) in [5, 5.41) is 3.42. The van der Waals surface area contributed by atoms with Crippen LogP contribution >= 0.6 is 11.6 Å². The Morgan fingerprint density at radius 3 is 2.56 bits per heavy atom. The summed E-state index contributed by atoms with van der Waals surface area (Å²) in [7, 11) is 1.52. The standard InChI is InChI=1S/C19H21ClN2O3/c1-13-16(20)8-6-9-17(13)22(14(2)23)12-11-21-19(24)15-7-4-5-10-18(15)25-3/h4-10H,11-12H2,1-3H3,(H,21,24). The number of hydrogen-bond acceptors (Lipinski definition) is 3. The molecule has 2 amide bonds. The molecule has 0 heterocycles. The second-order valence-corrected chi connectivity index (χ2v) is 5.92. The van der Waals surface area contributed by atoms with Crippen LogP contribution in [0.5, 0.6) is 5.75 Å². The van der Waals surface area contributed by atoms with Crippen molar-refractivity contribution in [2.75, 3.05) is 25.1 Å². The summed E-state index contributed by atoms with van der Waals surface area (Å²) in [5.41, 5.74) is 2.03. The number of halogens is 1. The second-order valence-electron chi connectivity index (χ2n) is 5.51. The topological polar surface area (TPSA) is 58.6 Å². The summed E-state index contributed by atoms with van der Waals surface area (Å²) < 4.78 is 5.19. The molecule has 0 atom stereocenters. The molecule has 0 aliphatic carbocycles. The van der Waals surface area contributed by atoms with E-state index in [-0.39, 0.29) is 11.8 Å². The molecular weight excluding hydrogens is 340 g/mol. The number of methoxy groups -OCH3 is 1. The smallest absolute Gasteiger partial charge is 0.255 e. The fraction of sp³-hybridized carbons (Fsp3) is 0.263. The van der Waals surface area contributed by atoms with E-state index in [1.165, 1.54) is 14.0 Å². The summed E-state index contributed by atoms with van der Waals surface area (Å²) in [6, 6.07) is 12.4. The zero-order chi connectivity index (χ0) is 18.4. The van der Waals surface area contributed by atoms with Crippen molar-refractivity contribution < 1.29 is 14.3 Å². The third-order valence-corrected chi connectivity index (χ3v) is 4.29. The number of benzene rings is 2. The second kappa shape index (κ2) is 8.53. The van der Waals surface area contributed by atoms with Crippen molar-refractivity contribution in [2.45, 2.75) is 13.8 Å². The number of ether oxygens (including phenoxy) is 1. The van der Waals surface area contributed by atoms with E-state index in [4.69, 9.17) is 16.3 Å². The average Bonchev–Trinajstić information content (AvgIpc) is 2.61. The van der Waals surface area contributed by atoms with Crippen LogP contribution in [0.25, 0.3) is 0 Å². The van der Waals surface area contributed by atoms with E-state index in [1.807, 2.05) is 13.0 Å². The Labute approximate surface area is 152 Å². The number of hydrogen-bond donors (Lipinski definition) is 1. The first kappa shape index (κ1) is 18.8. The lowest BCUT2D eigenvalue weighted by Gasteiger charge is -2.23. The molecule has 0 spiro atoms. The van der Waals surface area contributed by atoms with Crippen LogP contribution in [0.15, 0.2) is 42.5 Å². The molecule has 0 aliphatic rings. The van der Waals surface area contributed by atoms with Gasteiger partial charge in [-0.05, 0) is 36.8 Å². The Bertz CT molecular complexity index is 777. The quantitative estimate of drug-likeness (QED) is 0.858. The molecule has 0 fully saturated rings. The number of nitrogens with one attached hydrogen (secondary N) is 1. The number of amides is 2. The van der Waals surface area contributed by atoms with Crippen molar-refractivity contribution >= 4 is 29.1 Å². The minimum absolute atomic E-state index is 0.114. The summed E-state index contributed by atoms with van der Waals surface area (Å²) in [6.07, 6.45) is 0. The molecule has 1 N–H and O–H groups in total. The van der Waals surface area contributed by atoms with Gasteiger partial charge in [0.05, 0.1) is 12.7 Å². The van der Waals surface area contributed by atoms with Gasteiger partial charge in [0.2, 0.25) is 5.91 Å². The molecule has 2 aromatic carbocycles. The maximum atomic E-state index is 12.3. The highest BCUT2D eigenvalue weighted by molar-refractivity contribution is 6.31. The fourth-order valence-electron chi connectivity index (χ4n) is 2.54. The Morgan fingerprint density at radius 2 is 1.88 bits per heavy atom. The van der Waals surface area contributed by atoms with Gasteiger partial charge in [-0.3, -0.25) is 9.59 Å². The van der Waals surface area contributed by atoms with Gasteiger partial charge in [-0.2, -0.15) is 0 Å². The van der Waals surface area contributed by atoms with E-state index in [0.29, 0.717) is 29.4 Å². The maximum absolute atomic E-state index is 12.3. The van der Waals surface area contributed by atoms with Crippen LogP contribution in [0.3, 0.4) is 0 Å². The van der Waals surface area contributed by atoms with Crippen LogP contribution in [-0.2, 0) is 4.79 Å². The highest BCUT2D eigenvalue weighted by Crippen LogP contribution is 2.26. The van der Waals surface area contributed by atoms with Gasteiger partial charge in [-0.1, -0.05) is 29.8 Å². The van der Waals surface area contributed by atoms with Crippen molar-refractivity contribution in [3.05, 3.63) is 58.6 Å². The zero-order valence-electron chi connectivity index (χ0n) is 14.5. The zero-order valence-corrected chi connectivity index (χ0v) is 15.3. The largest absolute Gasteiger partial charge is 0.496 e. The summed E-state index contributed by atoms with van der Waals surface area (Å²) >= 11 is 6.14. The number of rotatable bonds is 6. The van der Waals surface area contributed by atoms with Crippen molar-refractivity contribution in [2.24, 2.45) is 0 Å². The van der Waals surface area contributed by atoms with Crippen LogP contribution < -0.4 is 15.0 Å².